The predicted molar refractivity (Wildman–Crippen MR) is 79.3 cm³/mol. The first kappa shape index (κ1) is 13.5. The molecular weight excluding hydrogens is 260 g/mol. The molecule has 0 saturated carbocycles. The maximum atomic E-state index is 5.79. The van der Waals surface area contributed by atoms with Crippen molar-refractivity contribution >= 4 is 29.1 Å². The molecular formula is C13H16N4OS. The van der Waals surface area contributed by atoms with Crippen LogP contribution in [0.4, 0.5) is 17.3 Å². The third kappa shape index (κ3) is 3.08. The molecule has 0 aliphatic carbocycles. The second-order valence-electron chi connectivity index (χ2n) is 3.89. The van der Waals surface area contributed by atoms with Crippen LogP contribution >= 0.6 is 11.8 Å². The fraction of sp³-hybridized carbons (Fsp3) is 0.231. The minimum atomic E-state index is 0.467. The van der Waals surface area contributed by atoms with Crippen LogP contribution in [0.2, 0.25) is 0 Å². The quantitative estimate of drug-likeness (QED) is 0.684. The van der Waals surface area contributed by atoms with Crippen molar-refractivity contribution in [2.75, 3.05) is 31.0 Å². The molecule has 2 N–H and O–H groups in total. The summed E-state index contributed by atoms with van der Waals surface area (Å²) in [6.07, 6.45) is 1.92. The van der Waals surface area contributed by atoms with Crippen LogP contribution in [0.3, 0.4) is 0 Å². The maximum absolute atomic E-state index is 5.79. The fourth-order valence-corrected chi connectivity index (χ4v) is 2.01. The Bertz CT molecular complexity index is 559. The number of hydrogen-bond acceptors (Lipinski definition) is 6. The summed E-state index contributed by atoms with van der Waals surface area (Å²) >= 11 is 1.47. The number of ether oxygens (including phenoxy) is 1. The number of thioether (sulfide) groups is 1. The molecule has 0 atom stereocenters. The summed E-state index contributed by atoms with van der Waals surface area (Å²) in [4.78, 5) is 10.5. The fourth-order valence-electron chi connectivity index (χ4n) is 1.63. The minimum absolute atomic E-state index is 0.467. The standard InChI is InChI=1S/C13H16N4OS/c1-17(9-4-6-10(18-2)7-5-9)12-8-11(14)15-13(16-12)19-3/h4-8H,1-3H3,(H2,14,15,16). The van der Waals surface area contributed by atoms with Gasteiger partial charge < -0.3 is 15.4 Å². The Labute approximate surface area is 116 Å². The highest BCUT2D eigenvalue weighted by Crippen LogP contribution is 2.26. The first-order valence-corrected chi connectivity index (χ1v) is 6.93. The van der Waals surface area contributed by atoms with Crippen LogP contribution in [0.15, 0.2) is 35.5 Å². The van der Waals surface area contributed by atoms with E-state index in [4.69, 9.17) is 10.5 Å². The molecule has 0 radical (unpaired) electrons. The van der Waals surface area contributed by atoms with Gasteiger partial charge >= 0.3 is 0 Å². The van der Waals surface area contributed by atoms with E-state index in [1.807, 2.05) is 42.5 Å². The van der Waals surface area contributed by atoms with Gasteiger partial charge in [-0.2, -0.15) is 0 Å². The van der Waals surface area contributed by atoms with Gasteiger partial charge in [0, 0.05) is 18.8 Å². The van der Waals surface area contributed by atoms with Crippen molar-refractivity contribution in [2.24, 2.45) is 0 Å². The predicted octanol–water partition coefficient (Wildman–Crippen LogP) is 2.56. The summed E-state index contributed by atoms with van der Waals surface area (Å²) in [5, 5.41) is 0.662. The highest BCUT2D eigenvalue weighted by atomic mass is 32.2. The summed E-state index contributed by atoms with van der Waals surface area (Å²) in [5.41, 5.74) is 6.79. The van der Waals surface area contributed by atoms with Crippen molar-refractivity contribution in [1.29, 1.82) is 0 Å². The van der Waals surface area contributed by atoms with E-state index in [-0.39, 0.29) is 0 Å². The van der Waals surface area contributed by atoms with Gasteiger partial charge in [0.1, 0.15) is 17.4 Å². The molecule has 1 aromatic heterocycles. The van der Waals surface area contributed by atoms with Gasteiger partial charge in [-0.3, -0.25) is 0 Å². The molecule has 0 aliphatic rings. The average Bonchev–Trinajstić information content (AvgIpc) is 2.46. The molecule has 0 saturated heterocycles. The minimum Gasteiger partial charge on any atom is -0.497 e. The van der Waals surface area contributed by atoms with Gasteiger partial charge in [0.2, 0.25) is 0 Å². The van der Waals surface area contributed by atoms with E-state index in [1.165, 1.54) is 11.8 Å². The Morgan fingerprint density at radius 1 is 1.21 bits per heavy atom. The largest absolute Gasteiger partial charge is 0.497 e. The normalized spacial score (nSPS) is 10.3. The average molecular weight is 276 g/mol. The zero-order valence-corrected chi connectivity index (χ0v) is 11.9. The first-order valence-electron chi connectivity index (χ1n) is 5.70. The van der Waals surface area contributed by atoms with Crippen molar-refractivity contribution in [3.05, 3.63) is 30.3 Å². The Kier molecular flexibility index (Phi) is 4.11. The van der Waals surface area contributed by atoms with Gasteiger partial charge in [-0.15, -0.1) is 0 Å². The number of nitrogens with zero attached hydrogens (tertiary/aromatic N) is 3. The Balaban J connectivity index is 2.31. The zero-order chi connectivity index (χ0) is 13.8. The van der Waals surface area contributed by atoms with E-state index >= 15 is 0 Å². The topological polar surface area (TPSA) is 64.3 Å². The Morgan fingerprint density at radius 2 is 1.89 bits per heavy atom. The van der Waals surface area contributed by atoms with E-state index in [2.05, 4.69) is 9.97 Å². The molecule has 0 bridgehead atoms. The van der Waals surface area contributed by atoms with Gasteiger partial charge in [0.05, 0.1) is 7.11 Å². The number of benzene rings is 1. The summed E-state index contributed by atoms with van der Waals surface area (Å²) in [7, 11) is 3.59. The molecule has 5 nitrogen and oxygen atoms in total. The molecule has 100 valence electrons. The molecule has 6 heteroatoms. The van der Waals surface area contributed by atoms with Crippen molar-refractivity contribution in [1.82, 2.24) is 9.97 Å². The number of hydrogen-bond donors (Lipinski definition) is 1. The van der Waals surface area contributed by atoms with Crippen LogP contribution in [-0.4, -0.2) is 30.4 Å². The molecule has 0 amide bonds. The molecule has 1 heterocycles. The van der Waals surface area contributed by atoms with E-state index in [0.717, 1.165) is 17.3 Å². The molecule has 2 rings (SSSR count). The molecule has 0 aliphatic heterocycles. The maximum Gasteiger partial charge on any atom is 0.191 e. The summed E-state index contributed by atoms with van der Waals surface area (Å²) in [5.74, 6) is 2.06. The van der Waals surface area contributed by atoms with Gasteiger partial charge in [-0.25, -0.2) is 9.97 Å². The van der Waals surface area contributed by atoms with Crippen LogP contribution < -0.4 is 15.4 Å². The third-order valence-corrected chi connectivity index (χ3v) is 3.25. The zero-order valence-electron chi connectivity index (χ0n) is 11.1. The summed E-state index contributed by atoms with van der Waals surface area (Å²) in [6.45, 7) is 0. The number of methoxy groups -OCH3 is 1. The van der Waals surface area contributed by atoms with Gasteiger partial charge in [0.15, 0.2) is 5.16 Å². The second-order valence-corrected chi connectivity index (χ2v) is 4.67. The van der Waals surface area contributed by atoms with Crippen LogP contribution in [0, 0.1) is 0 Å². The van der Waals surface area contributed by atoms with Crippen molar-refractivity contribution in [2.45, 2.75) is 5.16 Å². The van der Waals surface area contributed by atoms with Crippen molar-refractivity contribution in [3.63, 3.8) is 0 Å². The van der Waals surface area contributed by atoms with E-state index in [9.17, 15) is 0 Å². The molecule has 1 aromatic carbocycles. The van der Waals surface area contributed by atoms with E-state index in [1.54, 1.807) is 13.2 Å². The number of anilines is 3. The molecule has 2 aromatic rings. The van der Waals surface area contributed by atoms with Gasteiger partial charge in [-0.1, -0.05) is 11.8 Å². The molecule has 0 fully saturated rings. The van der Waals surface area contributed by atoms with Crippen LogP contribution in [0.1, 0.15) is 0 Å². The lowest BCUT2D eigenvalue weighted by atomic mass is 10.3. The van der Waals surface area contributed by atoms with E-state index in [0.29, 0.717) is 11.0 Å². The highest BCUT2D eigenvalue weighted by Gasteiger charge is 2.08. The number of nitrogens with two attached hydrogens (primary N) is 1. The lowest BCUT2D eigenvalue weighted by Crippen LogP contribution is -2.12. The number of nitrogen functional groups attached to an aromatic ring is 1. The van der Waals surface area contributed by atoms with Crippen LogP contribution in [0.25, 0.3) is 0 Å². The van der Waals surface area contributed by atoms with Gasteiger partial charge in [-0.05, 0) is 30.5 Å². The number of rotatable bonds is 4. The molecule has 0 unspecified atom stereocenters. The van der Waals surface area contributed by atoms with Crippen molar-refractivity contribution in [3.8, 4) is 5.75 Å². The monoisotopic (exact) mass is 276 g/mol. The van der Waals surface area contributed by atoms with Crippen molar-refractivity contribution < 1.29 is 4.74 Å². The molecule has 19 heavy (non-hydrogen) atoms. The van der Waals surface area contributed by atoms with Crippen LogP contribution in [0.5, 0.6) is 5.75 Å². The SMILES string of the molecule is COc1ccc(N(C)c2cc(N)nc(SC)n2)cc1. The third-order valence-electron chi connectivity index (χ3n) is 2.70. The van der Waals surface area contributed by atoms with Crippen LogP contribution in [-0.2, 0) is 0 Å². The van der Waals surface area contributed by atoms with E-state index < -0.39 is 0 Å². The second kappa shape index (κ2) is 5.79. The summed E-state index contributed by atoms with van der Waals surface area (Å²) < 4.78 is 5.14. The molecule has 0 spiro atoms. The first-order chi connectivity index (χ1) is 9.13. The Morgan fingerprint density at radius 3 is 2.47 bits per heavy atom. The highest BCUT2D eigenvalue weighted by molar-refractivity contribution is 7.98. The van der Waals surface area contributed by atoms with Gasteiger partial charge in [0.25, 0.3) is 0 Å². The summed E-state index contributed by atoms with van der Waals surface area (Å²) in [6, 6.07) is 9.51. The lowest BCUT2D eigenvalue weighted by molar-refractivity contribution is 0.415. The number of aromatic nitrogens is 2. The lowest BCUT2D eigenvalue weighted by Gasteiger charge is -2.19. The Hall–Kier alpha value is -1.95. The smallest absolute Gasteiger partial charge is 0.191 e.